The topological polar surface area (TPSA) is 89.9 Å². The van der Waals surface area contributed by atoms with Crippen LogP contribution in [0.4, 0.5) is 13.9 Å². The summed E-state index contributed by atoms with van der Waals surface area (Å²) < 4.78 is 50.4. The zero-order valence-corrected chi connectivity index (χ0v) is 17.5. The Hall–Kier alpha value is -2.11. The van der Waals surface area contributed by atoms with Gasteiger partial charge in [-0.25, -0.2) is 9.19 Å². The van der Waals surface area contributed by atoms with E-state index in [-0.39, 0.29) is 16.6 Å². The van der Waals surface area contributed by atoms with E-state index in [9.17, 15) is 17.8 Å². The molecule has 3 rings (SSSR count). The van der Waals surface area contributed by atoms with E-state index in [1.807, 2.05) is 0 Å². The van der Waals surface area contributed by atoms with Crippen LogP contribution in [0.5, 0.6) is 5.75 Å². The Bertz CT molecular complexity index is 971. The fourth-order valence-electron chi connectivity index (χ4n) is 3.04. The second-order valence-corrected chi connectivity index (χ2v) is 10.2. The van der Waals surface area contributed by atoms with Crippen LogP contribution in [0.1, 0.15) is 28.9 Å². The first-order chi connectivity index (χ1) is 13.7. The van der Waals surface area contributed by atoms with Crippen molar-refractivity contribution in [2.75, 3.05) is 25.7 Å². The van der Waals surface area contributed by atoms with Crippen molar-refractivity contribution in [3.05, 3.63) is 40.9 Å². The number of ether oxygens (including phenoxy) is 2. The summed E-state index contributed by atoms with van der Waals surface area (Å²) in [7, 11) is -2.38. The second kappa shape index (κ2) is 8.72. The summed E-state index contributed by atoms with van der Waals surface area (Å²) in [6.07, 6.45) is 4.03. The molecule has 1 aliphatic rings. The first-order valence-electron chi connectivity index (χ1n) is 8.75. The third-order valence-corrected chi connectivity index (χ3v) is 5.82. The van der Waals surface area contributed by atoms with Gasteiger partial charge in [-0.3, -0.25) is 4.79 Å². The van der Waals surface area contributed by atoms with Gasteiger partial charge in [0, 0.05) is 40.8 Å². The number of nitrogens with one attached hydrogen (secondary N) is 1. The van der Waals surface area contributed by atoms with Gasteiger partial charge in [-0.05, 0) is 30.5 Å². The number of rotatable bonds is 6. The van der Waals surface area contributed by atoms with E-state index in [0.717, 1.165) is 16.9 Å². The van der Waals surface area contributed by atoms with E-state index in [4.69, 9.17) is 4.74 Å². The van der Waals surface area contributed by atoms with E-state index in [1.165, 1.54) is 24.6 Å². The molecule has 2 heterocycles. The van der Waals surface area contributed by atoms with Gasteiger partial charge in [0.2, 0.25) is 5.13 Å². The smallest absolute Gasteiger partial charge is 0.387 e. The van der Waals surface area contributed by atoms with E-state index < -0.39 is 27.8 Å². The molecule has 1 N–H and O–H groups in total. The van der Waals surface area contributed by atoms with Crippen LogP contribution in [0.3, 0.4) is 0 Å². The van der Waals surface area contributed by atoms with Crippen LogP contribution in [0.2, 0.25) is 0 Å². The third kappa shape index (κ3) is 5.71. The maximum atomic E-state index is 12.8. The van der Waals surface area contributed by atoms with Gasteiger partial charge in [0.05, 0.1) is 5.54 Å². The molecule has 158 valence electrons. The van der Waals surface area contributed by atoms with Crippen molar-refractivity contribution in [2.45, 2.75) is 25.0 Å². The largest absolute Gasteiger partial charge is 0.435 e. The predicted molar refractivity (Wildman–Crippen MR) is 106 cm³/mol. The molecular weight excluding hydrogens is 424 g/mol. The van der Waals surface area contributed by atoms with Crippen LogP contribution in [-0.4, -0.2) is 47.4 Å². The average molecular weight is 446 g/mol. The van der Waals surface area contributed by atoms with Crippen molar-refractivity contribution < 1.29 is 27.3 Å². The maximum absolute atomic E-state index is 12.8. The summed E-state index contributed by atoms with van der Waals surface area (Å²) in [5.74, 6) is -0.345. The standard InChI is InChI=1S/C18H21F2N3O4S2/c1-29(2,25)23-17-21-14(11-28-17)15(24)22-18(7-9-26-10-8-18)12-3-5-13(6-4-12)27-16(19)20/h3-6,11,16H,7-10H2,1-2H3,(H,22,24). The van der Waals surface area contributed by atoms with Gasteiger partial charge in [-0.1, -0.05) is 12.1 Å². The van der Waals surface area contributed by atoms with Gasteiger partial charge in [0.1, 0.15) is 11.4 Å². The first kappa shape index (κ1) is 21.6. The van der Waals surface area contributed by atoms with Crippen molar-refractivity contribution >= 4 is 32.1 Å². The Morgan fingerprint density at radius 3 is 2.55 bits per heavy atom. The van der Waals surface area contributed by atoms with Crippen LogP contribution < -0.4 is 10.1 Å². The number of alkyl halides is 2. The van der Waals surface area contributed by atoms with E-state index >= 15 is 0 Å². The summed E-state index contributed by atoms with van der Waals surface area (Å²) in [6.45, 7) is -2.01. The van der Waals surface area contributed by atoms with Gasteiger partial charge in [0.25, 0.3) is 5.91 Å². The third-order valence-electron chi connectivity index (χ3n) is 4.35. The minimum atomic E-state index is -2.90. The highest BCUT2D eigenvalue weighted by Gasteiger charge is 2.36. The number of thiazole rings is 1. The maximum Gasteiger partial charge on any atom is 0.387 e. The lowest BCUT2D eigenvalue weighted by molar-refractivity contribution is -0.0498. The van der Waals surface area contributed by atoms with E-state index in [2.05, 4.69) is 19.4 Å². The lowest BCUT2D eigenvalue weighted by atomic mass is 9.82. The van der Waals surface area contributed by atoms with Crippen LogP contribution >= 0.6 is 11.3 Å². The summed E-state index contributed by atoms with van der Waals surface area (Å²) in [5.41, 5.74) is 0.227. The normalized spacial score (nSPS) is 16.4. The summed E-state index contributed by atoms with van der Waals surface area (Å²) in [6, 6.07) is 6.22. The molecule has 1 fully saturated rings. The van der Waals surface area contributed by atoms with Crippen molar-refractivity contribution in [1.29, 1.82) is 0 Å². The molecule has 0 atom stereocenters. The van der Waals surface area contributed by atoms with Gasteiger partial charge >= 0.3 is 6.61 Å². The summed E-state index contributed by atoms with van der Waals surface area (Å²) in [5, 5.41) is 4.86. The molecule has 0 spiro atoms. The highest BCUT2D eigenvalue weighted by molar-refractivity contribution is 7.92. The highest BCUT2D eigenvalue weighted by atomic mass is 32.2. The number of hydrogen-bond acceptors (Lipinski definition) is 7. The molecule has 2 aromatic rings. The van der Waals surface area contributed by atoms with Crippen molar-refractivity contribution in [3.8, 4) is 5.75 Å². The molecule has 0 radical (unpaired) electrons. The lowest BCUT2D eigenvalue weighted by Crippen LogP contribution is -2.49. The SMILES string of the molecule is CS(C)(=O)=Nc1nc(C(=O)NC2(c3ccc(OC(F)F)cc3)CCOCC2)cs1. The number of aromatic nitrogens is 1. The zero-order valence-electron chi connectivity index (χ0n) is 15.9. The van der Waals surface area contributed by atoms with Crippen LogP contribution in [0.25, 0.3) is 0 Å². The molecule has 0 unspecified atom stereocenters. The molecule has 29 heavy (non-hydrogen) atoms. The Morgan fingerprint density at radius 2 is 1.97 bits per heavy atom. The molecule has 1 aromatic carbocycles. The van der Waals surface area contributed by atoms with Crippen LogP contribution in [0.15, 0.2) is 34.0 Å². The van der Waals surface area contributed by atoms with Crippen LogP contribution in [-0.2, 0) is 20.0 Å². The minimum absolute atomic E-state index is 0.0470. The number of carbonyl (C=O) groups excluding carboxylic acids is 1. The van der Waals surface area contributed by atoms with E-state index in [1.54, 1.807) is 17.5 Å². The molecule has 1 aliphatic heterocycles. The molecule has 7 nitrogen and oxygen atoms in total. The molecule has 0 aliphatic carbocycles. The van der Waals surface area contributed by atoms with Crippen molar-refractivity contribution in [2.24, 2.45) is 4.36 Å². The van der Waals surface area contributed by atoms with Crippen LogP contribution in [0, 0.1) is 0 Å². The molecular formula is C18H21F2N3O4S2. The molecule has 1 saturated heterocycles. The summed E-state index contributed by atoms with van der Waals surface area (Å²) >= 11 is 1.14. The van der Waals surface area contributed by atoms with Gasteiger partial charge in [-0.2, -0.15) is 13.1 Å². The second-order valence-electron chi connectivity index (χ2n) is 6.84. The lowest BCUT2D eigenvalue weighted by Gasteiger charge is -2.38. The fraction of sp³-hybridized carbons (Fsp3) is 0.444. The molecule has 1 aromatic heterocycles. The molecule has 11 heteroatoms. The number of nitrogens with zero attached hydrogens (tertiary/aromatic N) is 2. The number of benzene rings is 1. The average Bonchev–Trinajstić information content (AvgIpc) is 3.09. The van der Waals surface area contributed by atoms with Gasteiger partial charge in [0.15, 0.2) is 0 Å². The number of hydrogen-bond donors (Lipinski definition) is 1. The number of halogens is 2. The Balaban J connectivity index is 1.84. The zero-order chi connectivity index (χ0) is 21.1. The highest BCUT2D eigenvalue weighted by Crippen LogP contribution is 2.34. The summed E-state index contributed by atoms with van der Waals surface area (Å²) in [4.78, 5) is 17.0. The Labute approximate surface area is 171 Å². The first-order valence-corrected chi connectivity index (χ1v) is 12.0. The predicted octanol–water partition coefficient (Wildman–Crippen LogP) is 3.54. The molecule has 0 saturated carbocycles. The van der Waals surface area contributed by atoms with Crippen molar-refractivity contribution in [1.82, 2.24) is 10.3 Å². The van der Waals surface area contributed by atoms with Crippen molar-refractivity contribution in [3.63, 3.8) is 0 Å². The molecule has 0 bridgehead atoms. The molecule has 1 amide bonds. The quantitative estimate of drug-likeness (QED) is 0.735. The van der Waals surface area contributed by atoms with E-state index in [0.29, 0.717) is 26.1 Å². The number of amides is 1. The fourth-order valence-corrected chi connectivity index (χ4v) is 4.70. The number of carbonyl (C=O) groups is 1. The minimum Gasteiger partial charge on any atom is -0.435 e. The Kier molecular flexibility index (Phi) is 6.49. The van der Waals surface area contributed by atoms with Gasteiger partial charge < -0.3 is 14.8 Å². The van der Waals surface area contributed by atoms with Gasteiger partial charge in [-0.15, -0.1) is 11.3 Å². The Morgan fingerprint density at radius 1 is 1.31 bits per heavy atom. The monoisotopic (exact) mass is 445 g/mol.